The van der Waals surface area contributed by atoms with Crippen molar-refractivity contribution in [2.75, 3.05) is 13.1 Å². The molecular weight excluding hydrogens is 268 g/mol. The summed E-state index contributed by atoms with van der Waals surface area (Å²) in [5.74, 6) is 0.347. The monoisotopic (exact) mass is 292 g/mol. The third-order valence-electron chi connectivity index (χ3n) is 3.70. The Morgan fingerprint density at radius 1 is 1.43 bits per heavy atom. The van der Waals surface area contributed by atoms with Gasteiger partial charge in [-0.25, -0.2) is 4.79 Å². The zero-order valence-corrected chi connectivity index (χ0v) is 13.0. The molecule has 0 bridgehead atoms. The van der Waals surface area contributed by atoms with Crippen molar-refractivity contribution in [3.63, 3.8) is 0 Å². The first kappa shape index (κ1) is 15.8. The van der Waals surface area contributed by atoms with Crippen molar-refractivity contribution in [3.05, 3.63) is 29.6 Å². The minimum absolute atomic E-state index is 0.0319. The summed E-state index contributed by atoms with van der Waals surface area (Å²) in [4.78, 5) is 17.9. The summed E-state index contributed by atoms with van der Waals surface area (Å²) in [5, 5.41) is 9.40. The second-order valence-corrected chi connectivity index (χ2v) is 6.47. The van der Waals surface area contributed by atoms with Gasteiger partial charge in [-0.05, 0) is 56.7 Å². The van der Waals surface area contributed by atoms with E-state index in [0.717, 1.165) is 24.0 Å². The highest BCUT2D eigenvalue weighted by Gasteiger charge is 2.28. The van der Waals surface area contributed by atoms with Crippen LogP contribution in [0.25, 0.3) is 0 Å². The lowest BCUT2D eigenvalue weighted by Gasteiger charge is -2.34. The van der Waals surface area contributed by atoms with E-state index < -0.39 is 5.60 Å². The van der Waals surface area contributed by atoms with Crippen LogP contribution >= 0.6 is 0 Å². The summed E-state index contributed by atoms with van der Waals surface area (Å²) < 4.78 is 5.40. The van der Waals surface area contributed by atoms with E-state index in [4.69, 9.17) is 4.74 Å². The fourth-order valence-corrected chi connectivity index (χ4v) is 2.65. The summed E-state index contributed by atoms with van der Waals surface area (Å²) in [6.07, 6.45) is 5.04. The first-order valence-corrected chi connectivity index (χ1v) is 7.42. The highest BCUT2D eigenvalue weighted by molar-refractivity contribution is 5.68. The van der Waals surface area contributed by atoms with Crippen LogP contribution in [0.3, 0.4) is 0 Å². The molecule has 21 heavy (non-hydrogen) atoms. The van der Waals surface area contributed by atoms with Crippen molar-refractivity contribution in [2.24, 2.45) is 0 Å². The molecule has 1 N–H and O–H groups in total. The van der Waals surface area contributed by atoms with Crippen molar-refractivity contribution in [1.29, 1.82) is 0 Å². The van der Waals surface area contributed by atoms with E-state index in [9.17, 15) is 9.90 Å². The molecule has 0 spiro atoms. The van der Waals surface area contributed by atoms with Gasteiger partial charge >= 0.3 is 6.09 Å². The Balaban J connectivity index is 1.96. The van der Waals surface area contributed by atoms with Crippen LogP contribution in [-0.4, -0.2) is 39.8 Å². The van der Waals surface area contributed by atoms with Crippen molar-refractivity contribution < 1.29 is 14.6 Å². The van der Waals surface area contributed by atoms with Gasteiger partial charge in [0.1, 0.15) is 5.60 Å². The Labute approximate surface area is 125 Å². The molecule has 0 atom stereocenters. The summed E-state index contributed by atoms with van der Waals surface area (Å²) >= 11 is 0. The van der Waals surface area contributed by atoms with Gasteiger partial charge in [-0.1, -0.05) is 0 Å². The Hall–Kier alpha value is -1.62. The van der Waals surface area contributed by atoms with E-state index in [0.29, 0.717) is 19.0 Å². The predicted molar refractivity (Wildman–Crippen MR) is 79.9 cm³/mol. The number of amides is 1. The average Bonchev–Trinajstić information content (AvgIpc) is 2.45. The first-order valence-electron chi connectivity index (χ1n) is 7.42. The lowest BCUT2D eigenvalue weighted by atomic mass is 9.88. The number of carbonyl (C=O) groups is 1. The molecule has 0 saturated carbocycles. The molecular formula is C16H24N2O3. The number of ether oxygens (including phenoxy) is 1. The van der Waals surface area contributed by atoms with E-state index >= 15 is 0 Å². The lowest BCUT2D eigenvalue weighted by Crippen LogP contribution is -2.41. The largest absolute Gasteiger partial charge is 0.444 e. The summed E-state index contributed by atoms with van der Waals surface area (Å²) in [5.41, 5.74) is 1.57. The number of likely N-dealkylation sites (tertiary alicyclic amines) is 1. The molecule has 116 valence electrons. The van der Waals surface area contributed by atoms with Crippen LogP contribution in [0.1, 0.15) is 50.7 Å². The van der Waals surface area contributed by atoms with Gasteiger partial charge in [0.2, 0.25) is 0 Å². The van der Waals surface area contributed by atoms with Crippen LogP contribution in [0.15, 0.2) is 18.5 Å². The maximum Gasteiger partial charge on any atom is 0.410 e. The molecule has 2 rings (SSSR count). The van der Waals surface area contributed by atoms with E-state index in [1.54, 1.807) is 11.1 Å². The van der Waals surface area contributed by atoms with Gasteiger partial charge in [0.15, 0.2) is 0 Å². The van der Waals surface area contributed by atoms with Crippen LogP contribution < -0.4 is 0 Å². The third-order valence-corrected chi connectivity index (χ3v) is 3.70. The minimum Gasteiger partial charge on any atom is -0.444 e. The molecule has 0 unspecified atom stereocenters. The second kappa shape index (κ2) is 6.43. The highest BCUT2D eigenvalue weighted by Crippen LogP contribution is 2.30. The molecule has 2 heterocycles. The summed E-state index contributed by atoms with van der Waals surface area (Å²) in [6, 6.07) is 1.86. The normalized spacial score (nSPS) is 16.9. The number of carbonyl (C=O) groups excluding carboxylic acids is 1. The average molecular weight is 292 g/mol. The van der Waals surface area contributed by atoms with Crippen LogP contribution in [0.5, 0.6) is 0 Å². The highest BCUT2D eigenvalue weighted by atomic mass is 16.6. The molecule has 5 heteroatoms. The molecule has 1 fully saturated rings. The van der Waals surface area contributed by atoms with Crippen molar-refractivity contribution in [1.82, 2.24) is 9.88 Å². The van der Waals surface area contributed by atoms with E-state index in [1.807, 2.05) is 33.0 Å². The van der Waals surface area contributed by atoms with E-state index in [-0.39, 0.29) is 12.7 Å². The van der Waals surface area contributed by atoms with Gasteiger partial charge in [-0.3, -0.25) is 4.98 Å². The first-order chi connectivity index (χ1) is 9.90. The predicted octanol–water partition coefficient (Wildman–Crippen LogP) is 2.69. The van der Waals surface area contributed by atoms with Crippen LogP contribution in [0, 0.1) is 0 Å². The topological polar surface area (TPSA) is 62.7 Å². The smallest absolute Gasteiger partial charge is 0.410 e. The maximum atomic E-state index is 12.0. The van der Waals surface area contributed by atoms with Crippen molar-refractivity contribution in [2.45, 2.75) is 51.7 Å². The fraction of sp³-hybridized carbons (Fsp3) is 0.625. The Morgan fingerprint density at radius 3 is 2.67 bits per heavy atom. The molecule has 1 amide bonds. The lowest BCUT2D eigenvalue weighted by molar-refractivity contribution is 0.0204. The maximum absolute atomic E-state index is 12.0. The van der Waals surface area contributed by atoms with Crippen molar-refractivity contribution in [3.8, 4) is 0 Å². The van der Waals surface area contributed by atoms with Gasteiger partial charge in [-0.2, -0.15) is 0 Å². The van der Waals surface area contributed by atoms with Crippen LogP contribution in [-0.2, 0) is 11.3 Å². The van der Waals surface area contributed by atoms with Gasteiger partial charge in [0.05, 0.1) is 6.61 Å². The molecule has 1 aromatic rings. The molecule has 1 aromatic heterocycles. The number of nitrogens with zero attached hydrogens (tertiary/aromatic N) is 2. The van der Waals surface area contributed by atoms with E-state index in [2.05, 4.69) is 4.98 Å². The van der Waals surface area contributed by atoms with Gasteiger partial charge in [0.25, 0.3) is 0 Å². The Kier molecular flexibility index (Phi) is 4.83. The quantitative estimate of drug-likeness (QED) is 0.910. The molecule has 1 aliphatic heterocycles. The number of aliphatic hydroxyl groups excluding tert-OH is 1. The second-order valence-electron chi connectivity index (χ2n) is 6.47. The molecule has 0 aromatic carbocycles. The number of rotatable bonds is 2. The summed E-state index contributed by atoms with van der Waals surface area (Å²) in [6.45, 7) is 7.02. The Bertz CT molecular complexity index is 489. The SMILES string of the molecule is CC(C)(C)OC(=O)N1CCC(c2cnccc2CO)CC1. The van der Waals surface area contributed by atoms with Crippen LogP contribution in [0.2, 0.25) is 0 Å². The molecule has 5 nitrogen and oxygen atoms in total. The number of pyridine rings is 1. The Morgan fingerprint density at radius 2 is 2.10 bits per heavy atom. The van der Waals surface area contributed by atoms with E-state index in [1.165, 1.54) is 0 Å². The van der Waals surface area contributed by atoms with Gasteiger partial charge < -0.3 is 14.7 Å². The number of hydrogen-bond acceptors (Lipinski definition) is 4. The van der Waals surface area contributed by atoms with Crippen LogP contribution in [0.4, 0.5) is 4.79 Å². The minimum atomic E-state index is -0.457. The number of aliphatic hydroxyl groups is 1. The fourth-order valence-electron chi connectivity index (χ4n) is 2.65. The number of piperidine rings is 1. The van der Waals surface area contributed by atoms with Gasteiger partial charge in [0, 0.05) is 25.5 Å². The number of hydrogen-bond donors (Lipinski definition) is 1. The zero-order valence-electron chi connectivity index (χ0n) is 13.0. The van der Waals surface area contributed by atoms with Gasteiger partial charge in [-0.15, -0.1) is 0 Å². The molecule has 1 aliphatic rings. The zero-order chi connectivity index (χ0) is 15.5. The third kappa shape index (κ3) is 4.17. The molecule has 1 saturated heterocycles. The molecule has 0 aliphatic carbocycles. The standard InChI is InChI=1S/C16H24N2O3/c1-16(2,3)21-15(20)18-8-5-12(6-9-18)14-10-17-7-4-13(14)11-19/h4,7,10,12,19H,5-6,8-9,11H2,1-3H3. The van der Waals surface area contributed by atoms with Crippen molar-refractivity contribution >= 4 is 6.09 Å². The number of aromatic nitrogens is 1. The molecule has 0 radical (unpaired) electrons. The summed E-state index contributed by atoms with van der Waals surface area (Å²) in [7, 11) is 0.